The fourth-order valence-electron chi connectivity index (χ4n) is 7.90. The predicted octanol–water partition coefficient (Wildman–Crippen LogP) is 7.82. The zero-order valence-corrected chi connectivity index (χ0v) is 32.4. The van der Waals surface area contributed by atoms with Crippen molar-refractivity contribution in [1.82, 2.24) is 9.97 Å². The van der Waals surface area contributed by atoms with E-state index in [0.717, 1.165) is 40.2 Å². The third-order valence-corrected chi connectivity index (χ3v) is 10.8. The van der Waals surface area contributed by atoms with Crippen molar-refractivity contribution < 1.29 is 28.7 Å². The number of H-pyrrole nitrogens is 1. The molecule has 5 heterocycles. The summed E-state index contributed by atoms with van der Waals surface area (Å²) in [6.45, 7) is 15.7. The molecule has 2 fully saturated rings. The van der Waals surface area contributed by atoms with Gasteiger partial charge in [0.2, 0.25) is 0 Å². The molecule has 10 nitrogen and oxygen atoms in total. The van der Waals surface area contributed by atoms with Crippen LogP contribution >= 0.6 is 0 Å². The smallest absolute Gasteiger partial charge is 0.664 e. The molecule has 51 heavy (non-hydrogen) atoms. The van der Waals surface area contributed by atoms with Gasteiger partial charge in [0, 0.05) is 23.2 Å². The number of aromatic nitrogens is 2. The molecule has 8 bridgehead atoms. The Labute approximate surface area is 315 Å². The molecule has 0 aromatic carbocycles. The summed E-state index contributed by atoms with van der Waals surface area (Å²) in [5, 5.41) is 10.2. The number of hydrogen-bond acceptors (Lipinski definition) is 6. The monoisotopic (exact) mass is 701 g/mol. The molecular weight excluding hydrogens is 657 g/mol. The first-order chi connectivity index (χ1) is 23.8. The number of allylic oxidation sites excluding steroid dienone is 5. The van der Waals surface area contributed by atoms with E-state index in [-0.39, 0.29) is 77.3 Å². The van der Waals surface area contributed by atoms with Crippen molar-refractivity contribution in [1.29, 1.82) is 0 Å². The maximum Gasteiger partial charge on any atom is 2.00 e. The maximum atomic E-state index is 14.2. The third kappa shape index (κ3) is 6.70. The van der Waals surface area contributed by atoms with Crippen molar-refractivity contribution in [3.8, 4) is 0 Å². The quantitative estimate of drug-likeness (QED) is 0.0971. The van der Waals surface area contributed by atoms with Crippen LogP contribution in [0.1, 0.15) is 115 Å². The number of ether oxygens (including phenoxy) is 2. The number of nitrogens with one attached hydrogen (secondary N) is 1. The van der Waals surface area contributed by atoms with Gasteiger partial charge in [-0.05, 0) is 81.9 Å². The fraction of sp³-hybridized carbons (Fsp3) is 0.450. The number of rotatable bonds is 8. The fourth-order valence-corrected chi connectivity index (χ4v) is 7.90. The number of carbonyl (C=O) groups is 4. The molecule has 11 heteroatoms. The molecule has 0 unspecified atom stereocenters. The predicted molar refractivity (Wildman–Crippen MR) is 198 cm³/mol. The van der Waals surface area contributed by atoms with Crippen LogP contribution in [0.15, 0.2) is 34.4 Å². The van der Waals surface area contributed by atoms with Crippen LogP contribution in [-0.2, 0) is 19.1 Å². The normalized spacial score (nSPS) is 27.5. The Morgan fingerprint density at radius 3 is 2.24 bits per heavy atom. The van der Waals surface area contributed by atoms with Gasteiger partial charge in [-0.1, -0.05) is 56.6 Å². The summed E-state index contributed by atoms with van der Waals surface area (Å²) in [4.78, 5) is 62.0. The van der Waals surface area contributed by atoms with Gasteiger partial charge in [-0.15, -0.1) is 17.1 Å². The second-order valence-electron chi connectivity index (χ2n) is 14.1. The minimum Gasteiger partial charge on any atom is -0.664 e. The maximum absolute atomic E-state index is 14.2. The Bertz CT molecular complexity index is 1970. The van der Waals surface area contributed by atoms with E-state index in [1.165, 1.54) is 7.11 Å². The molecular formula is C40H45MgN4O6-. The van der Waals surface area contributed by atoms with E-state index >= 15 is 0 Å². The van der Waals surface area contributed by atoms with Gasteiger partial charge < -0.3 is 30.1 Å². The Morgan fingerprint density at radius 2 is 1.59 bits per heavy atom. The molecule has 1 N–H and O–H groups in total. The van der Waals surface area contributed by atoms with Gasteiger partial charge in [0.15, 0.2) is 11.6 Å². The molecule has 0 saturated carbocycles. The second-order valence-corrected chi connectivity index (χ2v) is 14.1. The second kappa shape index (κ2) is 14.9. The van der Waals surface area contributed by atoms with Crippen LogP contribution in [0.2, 0.25) is 0 Å². The van der Waals surface area contributed by atoms with Crippen molar-refractivity contribution in [2.24, 2.45) is 29.6 Å². The third-order valence-electron chi connectivity index (χ3n) is 10.8. The number of Topliss-reactive ketones (excluding diaryl/α,β-unsaturated/α-hetero) is 2. The van der Waals surface area contributed by atoms with Crippen LogP contribution in [0.5, 0.6) is 0 Å². The summed E-state index contributed by atoms with van der Waals surface area (Å²) in [7, 11) is 1.28. The molecule has 0 amide bonds. The number of ketones is 2. The first-order valence-corrected chi connectivity index (χ1v) is 17.4. The van der Waals surface area contributed by atoms with Crippen LogP contribution in [0.25, 0.3) is 34.4 Å². The van der Waals surface area contributed by atoms with E-state index in [1.54, 1.807) is 6.92 Å². The van der Waals surface area contributed by atoms with E-state index in [0.29, 0.717) is 51.6 Å². The Morgan fingerprint density at radius 1 is 0.922 bits per heavy atom. The van der Waals surface area contributed by atoms with E-state index in [4.69, 9.17) is 25.1 Å². The summed E-state index contributed by atoms with van der Waals surface area (Å²) in [5.74, 6) is -3.02. The summed E-state index contributed by atoms with van der Waals surface area (Å²) in [6.07, 6.45) is 9.00. The first kappa shape index (κ1) is 38.1. The standard InChI is InChI=1S/C40H47N4O6.Mg/c1-10-24-19(4)26-17-31-33(23(8)45)21(6)28(42-31)15-27-20(5)25(11-12-32(46)50-14-13-18(2)3)37(43-27)35-36(40(48)49-9)39(47)34-22(7)29(44-38(34)35)16-30(24)41-26;/h13,15-17,19-20,24-25,36H,10-12,14H2,1-9H3,(H3-,41,42,43,44,45,47);/q-1;+2/p-2/b27-15-,30-16-;/t19-,20+,24-,25+,36-;/m1./s1. The average Bonchev–Trinajstić information content (AvgIpc) is 3.80. The van der Waals surface area contributed by atoms with Crippen molar-refractivity contribution in [3.63, 3.8) is 0 Å². The molecule has 2 saturated heterocycles. The van der Waals surface area contributed by atoms with Crippen LogP contribution in [0.3, 0.4) is 0 Å². The topological polar surface area (TPSA) is 145 Å². The number of fused-ring (bicyclic) bond motifs is 7. The molecule has 264 valence electrons. The molecule has 0 radical (unpaired) electrons. The number of methoxy groups -OCH3 is 1. The van der Waals surface area contributed by atoms with Crippen molar-refractivity contribution in [2.75, 3.05) is 13.7 Å². The average molecular weight is 702 g/mol. The minimum absolute atomic E-state index is 0. The summed E-state index contributed by atoms with van der Waals surface area (Å²) in [6, 6.07) is 0. The van der Waals surface area contributed by atoms with Crippen LogP contribution in [0.4, 0.5) is 0 Å². The van der Waals surface area contributed by atoms with E-state index in [1.807, 2.05) is 58.9 Å². The Kier molecular flexibility index (Phi) is 11.1. The number of carbonyl (C=O) groups excluding carboxylic acids is 4. The van der Waals surface area contributed by atoms with Gasteiger partial charge in [0.25, 0.3) is 0 Å². The van der Waals surface area contributed by atoms with Gasteiger partial charge in [-0.3, -0.25) is 19.2 Å². The van der Waals surface area contributed by atoms with Gasteiger partial charge in [0.1, 0.15) is 12.5 Å². The summed E-state index contributed by atoms with van der Waals surface area (Å²) >= 11 is 0. The zero-order chi connectivity index (χ0) is 36.2. The van der Waals surface area contributed by atoms with Crippen molar-refractivity contribution in [3.05, 3.63) is 90.1 Å². The molecule has 5 atom stereocenters. The van der Waals surface area contributed by atoms with Gasteiger partial charge in [-0.2, -0.15) is 17.1 Å². The molecule has 0 spiro atoms. The van der Waals surface area contributed by atoms with E-state index in [2.05, 4.69) is 18.8 Å². The summed E-state index contributed by atoms with van der Waals surface area (Å²) < 4.78 is 10.7. The van der Waals surface area contributed by atoms with Crippen LogP contribution < -0.4 is 4.98 Å². The van der Waals surface area contributed by atoms with E-state index < -0.39 is 11.9 Å². The SMILES string of the molecule is CC[C@H]1/C2=C/c3[nH]c4c(c3C)C(=O)[C@H](C(=O)OC)/C4=C3/[N-]/C(=C\c4[n-]c(c(C(C)=O)c4C)/C=C(\[N-]2)[C@@H]1C)[C@@H](C)[C@@H]3CCC(=O)OCC=C(C)C.[Mg+2]. The number of nitrogens with zero attached hydrogens (tertiary/aromatic N) is 3. The molecule has 3 aliphatic heterocycles. The van der Waals surface area contributed by atoms with Gasteiger partial charge >= 0.3 is 35.0 Å². The van der Waals surface area contributed by atoms with Gasteiger partial charge in [0.05, 0.1) is 12.8 Å². The van der Waals surface area contributed by atoms with Crippen LogP contribution in [-0.4, -0.2) is 65.3 Å². The molecule has 4 aliphatic rings. The number of aromatic amines is 1. The van der Waals surface area contributed by atoms with Crippen molar-refractivity contribution in [2.45, 2.75) is 74.7 Å². The minimum atomic E-state index is -1.21. The molecule has 2 aromatic rings. The summed E-state index contributed by atoms with van der Waals surface area (Å²) in [5.41, 5.74) is 9.38. The Hall–Kier alpha value is -4.09. The largest absolute Gasteiger partial charge is 2.00 e. The van der Waals surface area contributed by atoms with Crippen molar-refractivity contribution >= 4 is 70.4 Å². The Balaban J connectivity index is 0.00000504. The molecule has 6 rings (SSSR count). The number of hydrogen-bond donors (Lipinski definition) is 1. The number of esters is 2. The zero-order valence-electron chi connectivity index (χ0n) is 31.0. The van der Waals surface area contributed by atoms with E-state index in [9.17, 15) is 19.2 Å². The first-order valence-electron chi connectivity index (χ1n) is 17.4. The molecule has 2 aromatic heterocycles. The van der Waals surface area contributed by atoms with Crippen LogP contribution in [0, 0.1) is 43.4 Å². The van der Waals surface area contributed by atoms with Gasteiger partial charge in [-0.25, -0.2) is 0 Å². The molecule has 1 aliphatic carbocycles.